The van der Waals surface area contributed by atoms with Gasteiger partial charge in [0.25, 0.3) is 0 Å². The fraction of sp³-hybridized carbons (Fsp3) is 0.250. The molecule has 0 bridgehead atoms. The number of hydrogen-bond acceptors (Lipinski definition) is 7. The van der Waals surface area contributed by atoms with E-state index in [9.17, 15) is 22.8 Å². The van der Waals surface area contributed by atoms with Crippen molar-refractivity contribution in [2.24, 2.45) is 0 Å². The Morgan fingerprint density at radius 3 is 2.60 bits per heavy atom. The van der Waals surface area contributed by atoms with E-state index in [0.29, 0.717) is 22.7 Å². The number of esters is 1. The van der Waals surface area contributed by atoms with Crippen molar-refractivity contribution in [3.05, 3.63) is 48.0 Å². The lowest BCUT2D eigenvalue weighted by Crippen LogP contribution is -2.20. The normalized spacial score (nSPS) is 13.2. The highest BCUT2D eigenvalue weighted by Gasteiger charge is 2.21. The standard InChI is InChI=1S/C20H20N2O6S2/c1-2-28-20(25)13-3-5-14(6-4-13)21-18(23)9-10-30(26,27)15-7-8-17-16(11-15)22-19(24)12-29-17/h3-8,11H,2,9-10,12H2,1H3,(H,21,23)(H,22,24). The van der Waals surface area contributed by atoms with Gasteiger partial charge in [0.1, 0.15) is 0 Å². The Labute approximate surface area is 178 Å². The molecule has 2 aromatic rings. The van der Waals surface area contributed by atoms with E-state index in [2.05, 4.69) is 10.6 Å². The topological polar surface area (TPSA) is 119 Å². The van der Waals surface area contributed by atoms with Crippen LogP contribution in [0, 0.1) is 0 Å². The van der Waals surface area contributed by atoms with Gasteiger partial charge in [-0.1, -0.05) is 0 Å². The number of anilines is 2. The summed E-state index contributed by atoms with van der Waals surface area (Å²) in [6, 6.07) is 10.7. The van der Waals surface area contributed by atoms with Crippen molar-refractivity contribution < 1.29 is 27.5 Å². The van der Waals surface area contributed by atoms with Crippen LogP contribution in [0.15, 0.2) is 52.3 Å². The maximum Gasteiger partial charge on any atom is 0.338 e. The fourth-order valence-corrected chi connectivity index (χ4v) is 4.78. The van der Waals surface area contributed by atoms with Gasteiger partial charge in [-0.25, -0.2) is 13.2 Å². The summed E-state index contributed by atoms with van der Waals surface area (Å²) in [4.78, 5) is 36.2. The summed E-state index contributed by atoms with van der Waals surface area (Å²) >= 11 is 1.34. The van der Waals surface area contributed by atoms with E-state index in [1.54, 1.807) is 25.1 Å². The van der Waals surface area contributed by atoms with E-state index < -0.39 is 21.7 Å². The molecular weight excluding hydrogens is 428 g/mol. The first-order valence-electron chi connectivity index (χ1n) is 9.15. The molecule has 0 aliphatic carbocycles. The number of carbonyl (C=O) groups excluding carboxylic acids is 3. The Hall–Kier alpha value is -2.85. The molecule has 2 N–H and O–H groups in total. The van der Waals surface area contributed by atoms with Crippen LogP contribution in [0.1, 0.15) is 23.7 Å². The van der Waals surface area contributed by atoms with Gasteiger partial charge in [-0.3, -0.25) is 9.59 Å². The Morgan fingerprint density at radius 2 is 1.90 bits per heavy atom. The van der Waals surface area contributed by atoms with E-state index in [1.165, 1.54) is 36.0 Å². The van der Waals surface area contributed by atoms with Gasteiger partial charge in [0.15, 0.2) is 9.84 Å². The number of rotatable bonds is 7. The van der Waals surface area contributed by atoms with Crippen LogP contribution in [0.3, 0.4) is 0 Å². The van der Waals surface area contributed by atoms with Crippen LogP contribution >= 0.6 is 11.8 Å². The van der Waals surface area contributed by atoms with Crippen molar-refractivity contribution in [3.8, 4) is 0 Å². The number of amides is 2. The van der Waals surface area contributed by atoms with Crippen molar-refractivity contribution in [2.45, 2.75) is 23.1 Å². The average molecular weight is 449 g/mol. The molecule has 10 heteroatoms. The summed E-state index contributed by atoms with van der Waals surface area (Å²) in [7, 11) is -3.71. The van der Waals surface area contributed by atoms with Gasteiger partial charge in [-0.15, -0.1) is 11.8 Å². The van der Waals surface area contributed by atoms with Crippen LogP contribution in [0.4, 0.5) is 11.4 Å². The van der Waals surface area contributed by atoms with E-state index in [0.717, 1.165) is 4.90 Å². The minimum Gasteiger partial charge on any atom is -0.462 e. The van der Waals surface area contributed by atoms with Crippen LogP contribution < -0.4 is 10.6 Å². The van der Waals surface area contributed by atoms with Crippen LogP contribution in [0.25, 0.3) is 0 Å². The first-order chi connectivity index (χ1) is 14.3. The molecule has 1 aliphatic heterocycles. The van der Waals surface area contributed by atoms with Crippen molar-refractivity contribution in [1.29, 1.82) is 0 Å². The molecule has 1 heterocycles. The molecule has 0 saturated carbocycles. The lowest BCUT2D eigenvalue weighted by atomic mass is 10.2. The largest absolute Gasteiger partial charge is 0.462 e. The molecule has 2 aromatic carbocycles. The molecule has 0 unspecified atom stereocenters. The van der Waals surface area contributed by atoms with Crippen LogP contribution in [0.2, 0.25) is 0 Å². The number of carbonyl (C=O) groups is 3. The summed E-state index contributed by atoms with van der Waals surface area (Å²) in [6.45, 7) is 1.97. The Morgan fingerprint density at radius 1 is 1.17 bits per heavy atom. The van der Waals surface area contributed by atoms with Crippen LogP contribution in [-0.2, 0) is 24.2 Å². The molecule has 0 aromatic heterocycles. The molecule has 8 nitrogen and oxygen atoms in total. The third-order valence-corrected chi connectivity index (χ3v) is 7.01. The van der Waals surface area contributed by atoms with E-state index in [4.69, 9.17) is 4.74 Å². The number of hydrogen-bond donors (Lipinski definition) is 2. The van der Waals surface area contributed by atoms with Gasteiger partial charge in [0, 0.05) is 17.0 Å². The van der Waals surface area contributed by atoms with Crippen molar-refractivity contribution in [3.63, 3.8) is 0 Å². The minimum absolute atomic E-state index is 0.0515. The zero-order chi connectivity index (χ0) is 21.7. The zero-order valence-corrected chi connectivity index (χ0v) is 17.8. The molecule has 1 aliphatic rings. The van der Waals surface area contributed by atoms with Gasteiger partial charge >= 0.3 is 5.97 Å². The highest BCUT2D eigenvalue weighted by Crippen LogP contribution is 2.33. The number of benzene rings is 2. The molecule has 0 fully saturated rings. The summed E-state index contributed by atoms with van der Waals surface area (Å²) in [5.74, 6) is -1.19. The number of sulfone groups is 1. The van der Waals surface area contributed by atoms with Crippen LogP contribution in [-0.4, -0.2) is 44.3 Å². The average Bonchev–Trinajstić information content (AvgIpc) is 2.72. The first-order valence-corrected chi connectivity index (χ1v) is 11.8. The molecule has 0 saturated heterocycles. The number of ether oxygens (including phenoxy) is 1. The van der Waals surface area contributed by atoms with Gasteiger partial charge in [-0.2, -0.15) is 0 Å². The third-order valence-electron chi connectivity index (χ3n) is 4.22. The van der Waals surface area contributed by atoms with E-state index >= 15 is 0 Å². The lowest BCUT2D eigenvalue weighted by Gasteiger charge is -2.17. The molecule has 3 rings (SSSR count). The number of nitrogens with one attached hydrogen (secondary N) is 2. The number of thioether (sulfide) groups is 1. The quantitative estimate of drug-likeness (QED) is 0.625. The summed E-state index contributed by atoms with van der Waals surface area (Å²) in [5.41, 5.74) is 1.26. The second-order valence-corrected chi connectivity index (χ2v) is 9.54. The predicted octanol–water partition coefficient (Wildman–Crippen LogP) is 2.71. The van der Waals surface area contributed by atoms with Crippen molar-refractivity contribution in [1.82, 2.24) is 0 Å². The predicted molar refractivity (Wildman–Crippen MR) is 113 cm³/mol. The molecule has 158 valence electrons. The van der Waals surface area contributed by atoms with E-state index in [1.807, 2.05) is 0 Å². The second-order valence-electron chi connectivity index (χ2n) is 6.41. The van der Waals surface area contributed by atoms with Gasteiger partial charge in [-0.05, 0) is 49.4 Å². The Bertz CT molecular complexity index is 1080. The maximum absolute atomic E-state index is 12.6. The van der Waals surface area contributed by atoms with Crippen molar-refractivity contribution >= 4 is 50.8 Å². The Balaban J connectivity index is 1.59. The number of fused-ring (bicyclic) bond motifs is 1. The summed E-state index contributed by atoms with van der Waals surface area (Å²) < 4.78 is 30.1. The van der Waals surface area contributed by atoms with Gasteiger partial charge in [0.2, 0.25) is 11.8 Å². The summed E-state index contributed by atoms with van der Waals surface area (Å²) in [6.07, 6.45) is -0.236. The molecule has 30 heavy (non-hydrogen) atoms. The van der Waals surface area contributed by atoms with Crippen molar-refractivity contribution in [2.75, 3.05) is 28.7 Å². The fourth-order valence-electron chi connectivity index (χ4n) is 2.73. The molecule has 0 radical (unpaired) electrons. The molecule has 2 amide bonds. The molecule has 0 spiro atoms. The SMILES string of the molecule is CCOC(=O)c1ccc(NC(=O)CCS(=O)(=O)c2ccc3c(c2)NC(=O)CS3)cc1. The van der Waals surface area contributed by atoms with Gasteiger partial charge in [0.05, 0.1) is 34.3 Å². The highest BCUT2D eigenvalue weighted by atomic mass is 32.2. The minimum atomic E-state index is -3.71. The molecule has 0 atom stereocenters. The third kappa shape index (κ3) is 5.39. The molecular formula is C20H20N2O6S2. The maximum atomic E-state index is 12.6. The van der Waals surface area contributed by atoms with E-state index in [-0.39, 0.29) is 29.6 Å². The van der Waals surface area contributed by atoms with Gasteiger partial charge < -0.3 is 15.4 Å². The highest BCUT2D eigenvalue weighted by molar-refractivity contribution is 8.00. The first kappa shape index (κ1) is 21.8. The summed E-state index contributed by atoms with van der Waals surface area (Å²) in [5, 5.41) is 5.26. The van der Waals surface area contributed by atoms with Crippen LogP contribution in [0.5, 0.6) is 0 Å². The monoisotopic (exact) mass is 448 g/mol. The zero-order valence-electron chi connectivity index (χ0n) is 16.1. The Kier molecular flexibility index (Phi) is 6.78. The lowest BCUT2D eigenvalue weighted by molar-refractivity contribution is -0.116. The second kappa shape index (κ2) is 9.31. The smallest absolute Gasteiger partial charge is 0.338 e.